The molecule has 2 rings (SSSR count). The zero-order chi connectivity index (χ0) is 14.0. The van der Waals surface area contributed by atoms with Crippen molar-refractivity contribution in [1.82, 2.24) is 5.32 Å². The lowest BCUT2D eigenvalue weighted by atomic mass is 10.0. The molecular formula is C14H21N3O2. The Hall–Kier alpha value is -1.75. The molecule has 1 aromatic carbocycles. The maximum absolute atomic E-state index is 12.0. The van der Waals surface area contributed by atoms with Gasteiger partial charge in [0.2, 0.25) is 5.91 Å². The van der Waals surface area contributed by atoms with Gasteiger partial charge in [-0.05, 0) is 31.5 Å². The standard InChI is InChI=1S/C14H21N3O2/c1-9-4-5-13(19-3)11(6-9)17-10(2)8-16-14(18)12(17)7-15/h4-6,10,12H,7-8,15H2,1-3H3,(H,16,18). The molecule has 104 valence electrons. The van der Waals surface area contributed by atoms with Crippen LogP contribution in [0.4, 0.5) is 5.69 Å². The molecule has 5 heteroatoms. The van der Waals surface area contributed by atoms with Crippen LogP contribution in [0.15, 0.2) is 18.2 Å². The Kier molecular flexibility index (Phi) is 3.95. The third-order valence-electron chi connectivity index (χ3n) is 3.52. The monoisotopic (exact) mass is 263 g/mol. The lowest BCUT2D eigenvalue weighted by molar-refractivity contribution is -0.123. The van der Waals surface area contributed by atoms with Crippen LogP contribution in [0.5, 0.6) is 5.75 Å². The van der Waals surface area contributed by atoms with Gasteiger partial charge in [0.05, 0.1) is 12.8 Å². The van der Waals surface area contributed by atoms with Crippen LogP contribution in [0.1, 0.15) is 12.5 Å². The van der Waals surface area contributed by atoms with Crippen LogP contribution in [0.2, 0.25) is 0 Å². The van der Waals surface area contributed by atoms with E-state index in [1.807, 2.05) is 25.1 Å². The van der Waals surface area contributed by atoms with Gasteiger partial charge in [-0.1, -0.05) is 6.07 Å². The summed E-state index contributed by atoms with van der Waals surface area (Å²) in [7, 11) is 1.64. The highest BCUT2D eigenvalue weighted by Gasteiger charge is 2.34. The molecule has 5 nitrogen and oxygen atoms in total. The van der Waals surface area contributed by atoms with Crippen LogP contribution in [0.3, 0.4) is 0 Å². The zero-order valence-electron chi connectivity index (χ0n) is 11.6. The van der Waals surface area contributed by atoms with Crippen molar-refractivity contribution in [2.75, 3.05) is 25.1 Å². The van der Waals surface area contributed by atoms with Gasteiger partial charge in [-0.25, -0.2) is 0 Å². The Morgan fingerprint density at radius 2 is 2.26 bits per heavy atom. The summed E-state index contributed by atoms with van der Waals surface area (Å²) in [5.41, 5.74) is 7.83. The number of benzene rings is 1. The van der Waals surface area contributed by atoms with E-state index >= 15 is 0 Å². The molecule has 1 amide bonds. The second kappa shape index (κ2) is 5.48. The van der Waals surface area contributed by atoms with Crippen molar-refractivity contribution in [1.29, 1.82) is 0 Å². The summed E-state index contributed by atoms with van der Waals surface area (Å²) in [5.74, 6) is 0.745. The maximum Gasteiger partial charge on any atom is 0.244 e. The van der Waals surface area contributed by atoms with E-state index in [2.05, 4.69) is 17.1 Å². The molecule has 19 heavy (non-hydrogen) atoms. The summed E-state index contributed by atoms with van der Waals surface area (Å²) in [6, 6.07) is 5.80. The van der Waals surface area contributed by atoms with Crippen molar-refractivity contribution in [2.24, 2.45) is 5.73 Å². The number of rotatable bonds is 3. The van der Waals surface area contributed by atoms with Crippen molar-refractivity contribution in [3.63, 3.8) is 0 Å². The predicted octanol–water partition coefficient (Wildman–Crippen LogP) is 0.656. The number of amides is 1. The van der Waals surface area contributed by atoms with E-state index < -0.39 is 0 Å². The molecule has 2 atom stereocenters. The molecule has 0 saturated carbocycles. The van der Waals surface area contributed by atoms with Gasteiger partial charge in [0.25, 0.3) is 0 Å². The Bertz CT molecular complexity index is 476. The lowest BCUT2D eigenvalue weighted by Crippen LogP contribution is -2.62. The largest absolute Gasteiger partial charge is 0.495 e. The first kappa shape index (κ1) is 13.7. The molecule has 0 aromatic heterocycles. The fraction of sp³-hybridized carbons (Fsp3) is 0.500. The number of nitrogens with one attached hydrogen (secondary N) is 1. The fourth-order valence-corrected chi connectivity index (χ4v) is 2.53. The van der Waals surface area contributed by atoms with Gasteiger partial charge in [-0.3, -0.25) is 4.79 Å². The molecule has 1 aromatic rings. The smallest absolute Gasteiger partial charge is 0.244 e. The van der Waals surface area contributed by atoms with E-state index in [-0.39, 0.29) is 24.5 Å². The number of hydrogen-bond acceptors (Lipinski definition) is 4. The molecule has 0 bridgehead atoms. The third-order valence-corrected chi connectivity index (χ3v) is 3.52. The zero-order valence-corrected chi connectivity index (χ0v) is 11.6. The van der Waals surface area contributed by atoms with E-state index in [9.17, 15) is 4.79 Å². The first-order valence-corrected chi connectivity index (χ1v) is 6.49. The Morgan fingerprint density at radius 3 is 2.89 bits per heavy atom. The summed E-state index contributed by atoms with van der Waals surface area (Å²) in [5, 5.41) is 2.88. The quantitative estimate of drug-likeness (QED) is 0.840. The summed E-state index contributed by atoms with van der Waals surface area (Å²) in [6.07, 6.45) is 0. The van der Waals surface area contributed by atoms with Crippen LogP contribution >= 0.6 is 0 Å². The first-order valence-electron chi connectivity index (χ1n) is 6.49. The van der Waals surface area contributed by atoms with Crippen molar-refractivity contribution in [3.8, 4) is 5.75 Å². The molecule has 0 spiro atoms. The highest BCUT2D eigenvalue weighted by Crippen LogP contribution is 2.33. The van der Waals surface area contributed by atoms with Crippen LogP contribution in [-0.4, -0.2) is 38.2 Å². The molecule has 3 N–H and O–H groups in total. The molecular weight excluding hydrogens is 242 g/mol. The fourth-order valence-electron chi connectivity index (χ4n) is 2.53. The van der Waals surface area contributed by atoms with E-state index in [1.54, 1.807) is 7.11 Å². The second-order valence-electron chi connectivity index (χ2n) is 4.93. The van der Waals surface area contributed by atoms with E-state index in [0.717, 1.165) is 17.0 Å². The molecule has 1 aliphatic heterocycles. The summed E-state index contributed by atoms with van der Waals surface area (Å²) >= 11 is 0. The van der Waals surface area contributed by atoms with E-state index in [1.165, 1.54) is 0 Å². The molecule has 1 fully saturated rings. The van der Waals surface area contributed by atoms with E-state index in [0.29, 0.717) is 6.54 Å². The highest BCUT2D eigenvalue weighted by atomic mass is 16.5. The Labute approximate surface area is 113 Å². The van der Waals surface area contributed by atoms with Crippen LogP contribution in [0, 0.1) is 6.92 Å². The van der Waals surface area contributed by atoms with Gasteiger partial charge in [0.1, 0.15) is 11.8 Å². The van der Waals surface area contributed by atoms with Gasteiger partial charge in [-0.2, -0.15) is 0 Å². The number of hydrogen-bond donors (Lipinski definition) is 2. The third kappa shape index (κ3) is 2.51. The maximum atomic E-state index is 12.0. The summed E-state index contributed by atoms with van der Waals surface area (Å²) in [4.78, 5) is 14.0. The number of ether oxygens (including phenoxy) is 1. The Morgan fingerprint density at radius 1 is 1.53 bits per heavy atom. The normalized spacial score (nSPS) is 23.2. The van der Waals surface area contributed by atoms with Crippen LogP contribution in [-0.2, 0) is 4.79 Å². The topological polar surface area (TPSA) is 67.6 Å². The van der Waals surface area contributed by atoms with E-state index in [4.69, 9.17) is 10.5 Å². The summed E-state index contributed by atoms with van der Waals surface area (Å²) in [6.45, 7) is 5.00. The number of aryl methyl sites for hydroxylation is 1. The highest BCUT2D eigenvalue weighted by molar-refractivity contribution is 5.88. The number of carbonyl (C=O) groups is 1. The lowest BCUT2D eigenvalue weighted by Gasteiger charge is -2.41. The van der Waals surface area contributed by atoms with Crippen molar-refractivity contribution < 1.29 is 9.53 Å². The first-order chi connectivity index (χ1) is 9.08. The van der Waals surface area contributed by atoms with Crippen LogP contribution < -0.4 is 20.7 Å². The van der Waals surface area contributed by atoms with Gasteiger partial charge >= 0.3 is 0 Å². The molecule has 1 heterocycles. The van der Waals surface area contributed by atoms with Crippen molar-refractivity contribution in [3.05, 3.63) is 23.8 Å². The predicted molar refractivity (Wildman–Crippen MR) is 75.5 cm³/mol. The van der Waals surface area contributed by atoms with Crippen molar-refractivity contribution in [2.45, 2.75) is 25.9 Å². The minimum atomic E-state index is -0.348. The second-order valence-corrected chi connectivity index (χ2v) is 4.93. The number of piperazine rings is 1. The van der Waals surface area contributed by atoms with Gasteiger partial charge in [-0.15, -0.1) is 0 Å². The van der Waals surface area contributed by atoms with Gasteiger partial charge in [0, 0.05) is 19.1 Å². The number of nitrogens with two attached hydrogens (primary N) is 1. The molecule has 0 aliphatic carbocycles. The number of nitrogens with zero attached hydrogens (tertiary/aromatic N) is 1. The summed E-state index contributed by atoms with van der Waals surface area (Å²) < 4.78 is 5.42. The Balaban J connectivity index is 2.47. The van der Waals surface area contributed by atoms with Crippen molar-refractivity contribution >= 4 is 11.6 Å². The average Bonchev–Trinajstić information content (AvgIpc) is 2.41. The minimum absolute atomic E-state index is 0.0239. The number of methoxy groups -OCH3 is 1. The van der Waals surface area contributed by atoms with Crippen LogP contribution in [0.25, 0.3) is 0 Å². The number of anilines is 1. The number of carbonyl (C=O) groups excluding carboxylic acids is 1. The van der Waals surface area contributed by atoms with Gasteiger partial charge in [0.15, 0.2) is 0 Å². The average molecular weight is 263 g/mol. The molecule has 2 unspecified atom stereocenters. The minimum Gasteiger partial charge on any atom is -0.495 e. The van der Waals surface area contributed by atoms with Gasteiger partial charge < -0.3 is 20.7 Å². The SMILES string of the molecule is COc1ccc(C)cc1N1C(C)CNC(=O)C1CN. The molecule has 1 saturated heterocycles. The molecule has 0 radical (unpaired) electrons. The molecule has 1 aliphatic rings.